The molecule has 3 atom stereocenters. The van der Waals surface area contributed by atoms with Crippen molar-refractivity contribution in [3.63, 3.8) is 0 Å². The number of nitrogens with zero attached hydrogens (tertiary/aromatic N) is 1. The lowest BCUT2D eigenvalue weighted by Gasteiger charge is -2.25. The lowest BCUT2D eigenvalue weighted by atomic mass is 10.0. The zero-order valence-corrected chi connectivity index (χ0v) is 58.0. The van der Waals surface area contributed by atoms with Crippen LogP contribution in [0.15, 0.2) is 72.9 Å². The van der Waals surface area contributed by atoms with Gasteiger partial charge in [-0.15, -0.1) is 0 Å². The number of quaternary nitrogens is 1. The molecule has 0 aliphatic rings. The zero-order chi connectivity index (χ0) is 61.9. The fourth-order valence-electron chi connectivity index (χ4n) is 11.0. The van der Waals surface area contributed by atoms with E-state index in [2.05, 4.69) is 79.9 Å². The van der Waals surface area contributed by atoms with Crippen molar-refractivity contribution in [3.8, 4) is 0 Å². The number of phosphoric acid groups is 1. The Labute approximate surface area is 529 Å². The molecular formula is C76H144N2O6P+. The number of aliphatic hydroxyl groups excluding tert-OH is 1. The van der Waals surface area contributed by atoms with Crippen LogP contribution in [-0.4, -0.2) is 73.4 Å². The van der Waals surface area contributed by atoms with Crippen molar-refractivity contribution in [1.82, 2.24) is 5.32 Å². The summed E-state index contributed by atoms with van der Waals surface area (Å²) in [7, 11) is 1.57. The quantitative estimate of drug-likeness (QED) is 0.0243. The molecule has 0 saturated heterocycles. The highest BCUT2D eigenvalue weighted by atomic mass is 31.2. The molecule has 0 aromatic heterocycles. The van der Waals surface area contributed by atoms with Gasteiger partial charge in [0, 0.05) is 6.42 Å². The molecule has 498 valence electrons. The van der Waals surface area contributed by atoms with E-state index in [-0.39, 0.29) is 19.1 Å². The predicted molar refractivity (Wildman–Crippen MR) is 373 cm³/mol. The van der Waals surface area contributed by atoms with Gasteiger partial charge in [-0.1, -0.05) is 350 Å². The highest BCUT2D eigenvalue weighted by molar-refractivity contribution is 7.47. The second-order valence-corrected chi connectivity index (χ2v) is 27.7. The smallest absolute Gasteiger partial charge is 0.387 e. The van der Waals surface area contributed by atoms with Crippen molar-refractivity contribution < 1.29 is 32.9 Å². The first-order valence-electron chi connectivity index (χ1n) is 36.8. The van der Waals surface area contributed by atoms with Crippen LogP contribution in [0.25, 0.3) is 0 Å². The molecule has 0 rings (SSSR count). The first-order valence-corrected chi connectivity index (χ1v) is 38.3. The van der Waals surface area contributed by atoms with E-state index in [0.717, 1.165) is 64.2 Å². The van der Waals surface area contributed by atoms with E-state index in [0.29, 0.717) is 17.4 Å². The van der Waals surface area contributed by atoms with Gasteiger partial charge in [0.05, 0.1) is 39.9 Å². The predicted octanol–water partition coefficient (Wildman–Crippen LogP) is 23.7. The molecule has 8 nitrogen and oxygen atoms in total. The maximum absolute atomic E-state index is 13.1. The largest absolute Gasteiger partial charge is 0.472 e. The Morgan fingerprint density at radius 1 is 0.412 bits per heavy atom. The molecule has 9 heteroatoms. The van der Waals surface area contributed by atoms with Gasteiger partial charge < -0.3 is 19.8 Å². The highest BCUT2D eigenvalue weighted by Gasteiger charge is 2.28. The molecule has 0 aliphatic heterocycles. The summed E-state index contributed by atoms with van der Waals surface area (Å²) in [6.07, 6.45) is 93.6. The van der Waals surface area contributed by atoms with E-state index in [1.807, 2.05) is 27.2 Å². The molecule has 0 aromatic carbocycles. The van der Waals surface area contributed by atoms with Crippen LogP contribution in [-0.2, 0) is 18.4 Å². The molecule has 3 unspecified atom stereocenters. The number of carbonyl (C=O) groups is 1. The maximum Gasteiger partial charge on any atom is 0.472 e. The number of rotatable bonds is 68. The Morgan fingerprint density at radius 2 is 0.718 bits per heavy atom. The van der Waals surface area contributed by atoms with Crippen LogP contribution in [0, 0.1) is 0 Å². The molecule has 3 N–H and O–H groups in total. The Balaban J connectivity index is 4.05. The summed E-state index contributed by atoms with van der Waals surface area (Å²) in [5.74, 6) is -0.182. The Hall–Kier alpha value is -2.06. The summed E-state index contributed by atoms with van der Waals surface area (Å²) in [6, 6.07) is -0.867. The number of unbranched alkanes of at least 4 members (excludes halogenated alkanes) is 45. The first kappa shape index (κ1) is 82.9. The van der Waals surface area contributed by atoms with Crippen LogP contribution < -0.4 is 5.32 Å². The standard InChI is InChI=1S/C76H143N2O6P/c1-6-8-10-12-14-16-18-20-22-24-26-28-30-32-34-36-38-39-40-42-44-46-48-50-52-54-56-58-60-62-64-66-68-70-76(80)77-74(73-84-85(81,82)83-72-71-78(3,4)5)75(79)69-67-65-63-61-59-57-55-53-51-49-47-45-43-41-37-35-33-31-29-27-25-23-21-19-17-15-13-11-9-7-2/h8,10,14,16,20,22,26,28,59,61,67,69,74-75,79H,6-7,9,11-13,15,17-19,21,23-25,27,29-58,60,62-66,68,70-73H2,1-5H3,(H-,77,80,81,82)/p+1/b10-8-,16-14-,22-20-,28-26-,61-59+,69-67+. The second kappa shape index (κ2) is 66.4. The van der Waals surface area contributed by atoms with Crippen molar-refractivity contribution in [2.75, 3.05) is 40.9 Å². The van der Waals surface area contributed by atoms with E-state index < -0.39 is 20.0 Å². The molecule has 0 aliphatic carbocycles. The van der Waals surface area contributed by atoms with E-state index in [1.54, 1.807) is 6.08 Å². The van der Waals surface area contributed by atoms with Gasteiger partial charge in [-0.05, 0) is 70.6 Å². The van der Waals surface area contributed by atoms with Gasteiger partial charge in [0.2, 0.25) is 5.91 Å². The summed E-state index contributed by atoms with van der Waals surface area (Å²) in [6.45, 7) is 4.73. The zero-order valence-electron chi connectivity index (χ0n) is 57.1. The molecule has 0 aromatic rings. The molecule has 0 heterocycles. The number of aliphatic hydroxyl groups is 1. The van der Waals surface area contributed by atoms with Crippen LogP contribution >= 0.6 is 7.82 Å². The summed E-state index contributed by atoms with van der Waals surface area (Å²) < 4.78 is 23.8. The minimum Gasteiger partial charge on any atom is -0.387 e. The summed E-state index contributed by atoms with van der Waals surface area (Å²) in [4.78, 5) is 23.4. The van der Waals surface area contributed by atoms with Gasteiger partial charge >= 0.3 is 7.82 Å². The molecule has 85 heavy (non-hydrogen) atoms. The van der Waals surface area contributed by atoms with Crippen molar-refractivity contribution in [2.24, 2.45) is 0 Å². The lowest BCUT2D eigenvalue weighted by Crippen LogP contribution is -2.45. The third kappa shape index (κ3) is 69.3. The Morgan fingerprint density at radius 3 is 1.08 bits per heavy atom. The van der Waals surface area contributed by atoms with Gasteiger partial charge in [-0.25, -0.2) is 4.57 Å². The summed E-state index contributed by atoms with van der Waals surface area (Å²) in [5.41, 5.74) is 0. The maximum atomic E-state index is 13.1. The fourth-order valence-corrected chi connectivity index (χ4v) is 11.7. The van der Waals surface area contributed by atoms with Gasteiger partial charge in [-0.3, -0.25) is 13.8 Å². The monoisotopic (exact) mass is 1210 g/mol. The van der Waals surface area contributed by atoms with Gasteiger partial charge in [0.1, 0.15) is 13.2 Å². The third-order valence-electron chi connectivity index (χ3n) is 16.7. The van der Waals surface area contributed by atoms with E-state index >= 15 is 0 Å². The van der Waals surface area contributed by atoms with Crippen LogP contribution in [0.5, 0.6) is 0 Å². The molecule has 0 radical (unpaired) electrons. The molecular weight excluding hydrogens is 1070 g/mol. The van der Waals surface area contributed by atoms with E-state index in [4.69, 9.17) is 9.05 Å². The summed E-state index contributed by atoms with van der Waals surface area (Å²) >= 11 is 0. The topological polar surface area (TPSA) is 105 Å². The lowest BCUT2D eigenvalue weighted by molar-refractivity contribution is -0.870. The van der Waals surface area contributed by atoms with Gasteiger partial charge in [0.15, 0.2) is 0 Å². The number of nitrogens with one attached hydrogen (secondary N) is 1. The van der Waals surface area contributed by atoms with Crippen LogP contribution in [0.2, 0.25) is 0 Å². The van der Waals surface area contributed by atoms with Crippen molar-refractivity contribution in [1.29, 1.82) is 0 Å². The van der Waals surface area contributed by atoms with Crippen molar-refractivity contribution in [2.45, 2.75) is 366 Å². The SMILES string of the molecule is CC/C=C\C/C=C\C/C=C\C/C=C\CCCCCCCCCCCCCCCCCCCCCCC(=O)NC(COP(=O)(O)OCC[N+](C)(C)C)C(O)/C=C/CC/C=C/CCCCCCCCCCCCCCCCCCCCCCCCCC. The molecule has 1 amide bonds. The van der Waals surface area contributed by atoms with E-state index in [1.165, 1.54) is 270 Å². The number of phosphoric ester groups is 1. The third-order valence-corrected chi connectivity index (χ3v) is 17.6. The first-order chi connectivity index (χ1) is 41.5. The minimum absolute atomic E-state index is 0.0560. The Kier molecular flexibility index (Phi) is 64.8. The van der Waals surface area contributed by atoms with Crippen LogP contribution in [0.3, 0.4) is 0 Å². The average molecular weight is 1210 g/mol. The average Bonchev–Trinajstić information content (AvgIpc) is 3.49. The second-order valence-electron chi connectivity index (χ2n) is 26.3. The Bertz CT molecular complexity index is 1620. The molecule has 0 saturated carbocycles. The van der Waals surface area contributed by atoms with Gasteiger partial charge in [0.25, 0.3) is 0 Å². The fraction of sp³-hybridized carbons (Fsp3) is 0.829. The number of hydrogen-bond acceptors (Lipinski definition) is 5. The highest BCUT2D eigenvalue weighted by Crippen LogP contribution is 2.43. The molecule has 0 bridgehead atoms. The minimum atomic E-state index is -4.37. The molecule has 0 spiro atoms. The summed E-state index contributed by atoms with van der Waals surface area (Å²) in [5, 5.41) is 14.0. The number of likely N-dealkylation sites (N-methyl/N-ethyl adjacent to an activating group) is 1. The molecule has 0 fully saturated rings. The van der Waals surface area contributed by atoms with Crippen molar-refractivity contribution in [3.05, 3.63) is 72.9 Å². The number of allylic oxidation sites excluding steroid dienone is 11. The normalized spacial score (nSPS) is 14.0. The van der Waals surface area contributed by atoms with Crippen LogP contribution in [0.1, 0.15) is 354 Å². The van der Waals surface area contributed by atoms with E-state index in [9.17, 15) is 19.4 Å². The van der Waals surface area contributed by atoms with Gasteiger partial charge in [-0.2, -0.15) is 0 Å². The van der Waals surface area contributed by atoms with Crippen LogP contribution in [0.4, 0.5) is 0 Å². The van der Waals surface area contributed by atoms with Crippen molar-refractivity contribution >= 4 is 13.7 Å². The number of carbonyl (C=O) groups excluding carboxylic acids is 1. The number of hydrogen-bond donors (Lipinski definition) is 3. The number of amides is 1.